The lowest BCUT2D eigenvalue weighted by Crippen LogP contribution is -2.20. The number of hydrazine groups is 1. The van der Waals surface area contributed by atoms with Crippen molar-refractivity contribution in [1.82, 2.24) is 5.43 Å². The van der Waals surface area contributed by atoms with Crippen LogP contribution in [-0.4, -0.2) is 19.2 Å². The molecule has 0 aromatic heterocycles. The number of ether oxygens (including phenoxy) is 2. The van der Waals surface area contributed by atoms with Crippen molar-refractivity contribution in [2.75, 3.05) is 18.6 Å². The molecule has 0 radical (unpaired) electrons. The minimum Gasteiger partial charge on any atom is -0.494 e. The fraction of sp³-hybridized carbons (Fsp3) is 0.316. The molecule has 0 saturated heterocycles. The molecule has 0 aliphatic rings. The molecule has 0 atom stereocenters. The van der Waals surface area contributed by atoms with E-state index in [0.717, 1.165) is 17.0 Å². The second-order valence-corrected chi connectivity index (χ2v) is 5.25. The third-order valence-corrected chi connectivity index (χ3v) is 3.30. The molecule has 0 amide bonds. The Morgan fingerprint density at radius 3 is 2.71 bits per heavy atom. The van der Waals surface area contributed by atoms with Crippen molar-refractivity contribution in [3.05, 3.63) is 60.2 Å². The van der Waals surface area contributed by atoms with Gasteiger partial charge in [0.2, 0.25) is 0 Å². The standard InChI is InChI=1S/C19H24N2O3/c1-2-23-19(22)12-7-13-24-18-11-6-8-16(14-18)15-20-21-17-9-4-3-5-10-17/h3-6,8-11,14,20-21H,2,7,12-13,15H2,1H3. The summed E-state index contributed by atoms with van der Waals surface area (Å²) in [7, 11) is 0. The molecular formula is C19H24N2O3. The second kappa shape index (κ2) is 10.3. The van der Waals surface area contributed by atoms with E-state index in [1.807, 2.05) is 54.6 Å². The van der Waals surface area contributed by atoms with Gasteiger partial charge < -0.3 is 14.9 Å². The summed E-state index contributed by atoms with van der Waals surface area (Å²) in [5.41, 5.74) is 8.45. The van der Waals surface area contributed by atoms with Crippen molar-refractivity contribution in [2.45, 2.75) is 26.3 Å². The zero-order valence-electron chi connectivity index (χ0n) is 14.0. The normalized spacial score (nSPS) is 10.2. The van der Waals surface area contributed by atoms with Crippen molar-refractivity contribution in [2.24, 2.45) is 0 Å². The van der Waals surface area contributed by atoms with Gasteiger partial charge in [-0.2, -0.15) is 0 Å². The van der Waals surface area contributed by atoms with Crippen LogP contribution < -0.4 is 15.6 Å². The van der Waals surface area contributed by atoms with Crippen molar-refractivity contribution < 1.29 is 14.3 Å². The SMILES string of the molecule is CCOC(=O)CCCOc1cccc(CNNc2ccccc2)c1. The average molecular weight is 328 g/mol. The van der Waals surface area contributed by atoms with E-state index in [9.17, 15) is 4.79 Å². The van der Waals surface area contributed by atoms with Crippen molar-refractivity contribution >= 4 is 11.7 Å². The molecule has 2 aromatic rings. The van der Waals surface area contributed by atoms with Crippen LogP contribution in [-0.2, 0) is 16.1 Å². The highest BCUT2D eigenvalue weighted by Gasteiger charge is 2.02. The summed E-state index contributed by atoms with van der Waals surface area (Å²) in [6.45, 7) is 3.40. The van der Waals surface area contributed by atoms with Crippen molar-refractivity contribution in [1.29, 1.82) is 0 Å². The third kappa shape index (κ3) is 6.71. The average Bonchev–Trinajstić information content (AvgIpc) is 2.60. The van der Waals surface area contributed by atoms with Crippen LogP contribution in [0.3, 0.4) is 0 Å². The molecule has 0 saturated carbocycles. The number of carbonyl (C=O) groups is 1. The van der Waals surface area contributed by atoms with Crippen LogP contribution in [0.25, 0.3) is 0 Å². The first kappa shape index (κ1) is 17.8. The van der Waals surface area contributed by atoms with E-state index in [1.165, 1.54) is 0 Å². The van der Waals surface area contributed by atoms with Crippen LogP contribution >= 0.6 is 0 Å². The van der Waals surface area contributed by atoms with Gasteiger partial charge in [-0.1, -0.05) is 30.3 Å². The van der Waals surface area contributed by atoms with Crippen LogP contribution in [0, 0.1) is 0 Å². The number of hydrogen-bond donors (Lipinski definition) is 2. The predicted octanol–water partition coefficient (Wildman–Crippen LogP) is 3.53. The predicted molar refractivity (Wildman–Crippen MR) is 94.7 cm³/mol. The smallest absolute Gasteiger partial charge is 0.305 e. The molecular weight excluding hydrogens is 304 g/mol. The Bertz CT molecular complexity index is 617. The van der Waals surface area contributed by atoms with Gasteiger partial charge in [-0.05, 0) is 43.2 Å². The van der Waals surface area contributed by atoms with E-state index in [-0.39, 0.29) is 5.97 Å². The topological polar surface area (TPSA) is 59.6 Å². The molecule has 0 aliphatic heterocycles. The molecule has 24 heavy (non-hydrogen) atoms. The summed E-state index contributed by atoms with van der Waals surface area (Å²) in [5.74, 6) is 0.629. The Kier molecular flexibility index (Phi) is 7.63. The molecule has 2 N–H and O–H groups in total. The Labute approximate surface area is 143 Å². The lowest BCUT2D eigenvalue weighted by Gasteiger charge is -2.10. The maximum atomic E-state index is 11.3. The maximum Gasteiger partial charge on any atom is 0.305 e. The van der Waals surface area contributed by atoms with E-state index >= 15 is 0 Å². The van der Waals surface area contributed by atoms with Crippen LogP contribution in [0.4, 0.5) is 5.69 Å². The van der Waals surface area contributed by atoms with Gasteiger partial charge in [0.1, 0.15) is 5.75 Å². The van der Waals surface area contributed by atoms with Gasteiger partial charge in [-0.15, -0.1) is 0 Å². The lowest BCUT2D eigenvalue weighted by molar-refractivity contribution is -0.143. The number of carbonyl (C=O) groups excluding carboxylic acids is 1. The van der Waals surface area contributed by atoms with Gasteiger partial charge in [0.15, 0.2) is 0 Å². The minimum absolute atomic E-state index is 0.175. The highest BCUT2D eigenvalue weighted by Crippen LogP contribution is 2.14. The summed E-state index contributed by atoms with van der Waals surface area (Å²) in [6, 6.07) is 17.8. The summed E-state index contributed by atoms with van der Waals surface area (Å²) in [4.78, 5) is 11.3. The van der Waals surface area contributed by atoms with Gasteiger partial charge in [0.05, 0.1) is 13.2 Å². The molecule has 0 spiro atoms. The summed E-state index contributed by atoms with van der Waals surface area (Å²) >= 11 is 0. The van der Waals surface area contributed by atoms with E-state index in [2.05, 4.69) is 10.9 Å². The van der Waals surface area contributed by atoms with Crippen LogP contribution in [0.1, 0.15) is 25.3 Å². The molecule has 5 heteroatoms. The van der Waals surface area contributed by atoms with Gasteiger partial charge >= 0.3 is 5.97 Å². The fourth-order valence-electron chi connectivity index (χ4n) is 2.15. The Morgan fingerprint density at radius 2 is 1.92 bits per heavy atom. The second-order valence-electron chi connectivity index (χ2n) is 5.25. The number of benzene rings is 2. The monoisotopic (exact) mass is 328 g/mol. The van der Waals surface area contributed by atoms with Crippen LogP contribution in [0.5, 0.6) is 5.75 Å². The van der Waals surface area contributed by atoms with E-state index in [1.54, 1.807) is 6.92 Å². The largest absolute Gasteiger partial charge is 0.494 e. The first-order chi connectivity index (χ1) is 11.8. The van der Waals surface area contributed by atoms with Gasteiger partial charge in [0, 0.05) is 18.7 Å². The number of hydrogen-bond acceptors (Lipinski definition) is 5. The van der Waals surface area contributed by atoms with E-state index < -0.39 is 0 Å². The highest BCUT2D eigenvalue weighted by atomic mass is 16.5. The molecule has 0 unspecified atom stereocenters. The quantitative estimate of drug-likeness (QED) is 0.397. The number of anilines is 1. The third-order valence-electron chi connectivity index (χ3n) is 3.30. The Morgan fingerprint density at radius 1 is 1.08 bits per heavy atom. The summed E-state index contributed by atoms with van der Waals surface area (Å²) < 4.78 is 10.6. The number of para-hydroxylation sites is 1. The first-order valence-corrected chi connectivity index (χ1v) is 8.19. The first-order valence-electron chi connectivity index (χ1n) is 8.19. The Hall–Kier alpha value is -2.53. The lowest BCUT2D eigenvalue weighted by atomic mass is 10.2. The number of nitrogens with one attached hydrogen (secondary N) is 2. The molecule has 0 bridgehead atoms. The summed E-state index contributed by atoms with van der Waals surface area (Å²) in [6.07, 6.45) is 1.03. The van der Waals surface area contributed by atoms with E-state index in [4.69, 9.17) is 9.47 Å². The van der Waals surface area contributed by atoms with Gasteiger partial charge in [0.25, 0.3) is 0 Å². The number of esters is 1. The molecule has 0 fully saturated rings. The maximum absolute atomic E-state index is 11.3. The molecule has 0 heterocycles. The van der Waals surface area contributed by atoms with Crippen LogP contribution in [0.15, 0.2) is 54.6 Å². The molecule has 2 aromatic carbocycles. The molecule has 2 rings (SSSR count). The molecule has 0 aliphatic carbocycles. The van der Waals surface area contributed by atoms with Gasteiger partial charge in [-0.25, -0.2) is 5.43 Å². The Balaban J connectivity index is 1.70. The zero-order chi connectivity index (χ0) is 17.0. The van der Waals surface area contributed by atoms with Gasteiger partial charge in [-0.3, -0.25) is 4.79 Å². The van der Waals surface area contributed by atoms with Crippen molar-refractivity contribution in [3.63, 3.8) is 0 Å². The zero-order valence-corrected chi connectivity index (χ0v) is 14.0. The van der Waals surface area contributed by atoms with E-state index in [0.29, 0.717) is 32.6 Å². The fourth-order valence-corrected chi connectivity index (χ4v) is 2.15. The number of rotatable bonds is 10. The highest BCUT2D eigenvalue weighted by molar-refractivity contribution is 5.69. The summed E-state index contributed by atoms with van der Waals surface area (Å²) in [5, 5.41) is 0. The molecule has 5 nitrogen and oxygen atoms in total. The molecule has 128 valence electrons. The van der Waals surface area contributed by atoms with Crippen molar-refractivity contribution in [3.8, 4) is 5.75 Å². The van der Waals surface area contributed by atoms with Crippen LogP contribution in [0.2, 0.25) is 0 Å². The minimum atomic E-state index is -0.175.